The van der Waals surface area contributed by atoms with Gasteiger partial charge < -0.3 is 14.8 Å². The number of nitrogens with one attached hydrogen (secondary N) is 1. The second kappa shape index (κ2) is 9.74. The first kappa shape index (κ1) is 20.4. The minimum absolute atomic E-state index is 0.0788. The molecule has 1 aliphatic rings. The highest BCUT2D eigenvalue weighted by Crippen LogP contribution is 2.31. The molecule has 1 aromatic heterocycles. The molecule has 0 radical (unpaired) electrons. The monoisotopic (exact) mass is 413 g/mol. The smallest absolute Gasteiger partial charge is 0.293 e. The zero-order valence-corrected chi connectivity index (χ0v) is 16.5. The van der Waals surface area contributed by atoms with E-state index in [-0.39, 0.29) is 36.7 Å². The number of thioether (sulfide) groups is 1. The number of imide groups is 1. The van der Waals surface area contributed by atoms with Crippen LogP contribution in [0.25, 0.3) is 6.08 Å². The molecule has 0 atom stereocenters. The van der Waals surface area contributed by atoms with Gasteiger partial charge in [0.25, 0.3) is 17.1 Å². The average molecular weight is 413 g/mol. The Morgan fingerprint density at radius 3 is 2.72 bits per heavy atom. The second-order valence-corrected chi connectivity index (χ2v) is 6.90. The summed E-state index contributed by atoms with van der Waals surface area (Å²) in [6.45, 7) is 0.00491. The molecule has 8 nitrogen and oxygen atoms in total. The third kappa shape index (κ3) is 5.35. The van der Waals surface area contributed by atoms with Gasteiger partial charge in [0.1, 0.15) is 0 Å². The predicted octanol–water partition coefficient (Wildman–Crippen LogP) is 2.32. The number of methoxy groups -OCH3 is 1. The van der Waals surface area contributed by atoms with E-state index >= 15 is 0 Å². The Morgan fingerprint density at radius 2 is 2.00 bits per heavy atom. The number of benzene rings is 1. The van der Waals surface area contributed by atoms with Gasteiger partial charge in [-0.1, -0.05) is 18.2 Å². The summed E-state index contributed by atoms with van der Waals surface area (Å²) in [5.41, 5.74) is 0.736. The molecule has 150 valence electrons. The van der Waals surface area contributed by atoms with Gasteiger partial charge in [-0.25, -0.2) is 0 Å². The number of rotatable bonds is 8. The van der Waals surface area contributed by atoms with Crippen molar-refractivity contribution in [3.05, 3.63) is 59.3 Å². The van der Waals surface area contributed by atoms with Crippen LogP contribution in [0, 0.1) is 0 Å². The van der Waals surface area contributed by atoms with Gasteiger partial charge in [-0.15, -0.1) is 0 Å². The Hall–Kier alpha value is -3.33. The highest BCUT2D eigenvalue weighted by atomic mass is 32.2. The maximum Gasteiger partial charge on any atom is 0.293 e. The molecule has 1 aliphatic heterocycles. The Morgan fingerprint density at radius 1 is 1.21 bits per heavy atom. The number of aromatic nitrogens is 1. The largest absolute Gasteiger partial charge is 0.493 e. The van der Waals surface area contributed by atoms with E-state index in [0.717, 1.165) is 22.2 Å². The van der Waals surface area contributed by atoms with E-state index in [9.17, 15) is 14.4 Å². The number of carbonyl (C=O) groups is 3. The fourth-order valence-corrected chi connectivity index (χ4v) is 3.41. The molecule has 1 fully saturated rings. The van der Waals surface area contributed by atoms with Crippen LogP contribution in [-0.2, 0) is 9.59 Å². The van der Waals surface area contributed by atoms with Gasteiger partial charge in [0.2, 0.25) is 0 Å². The van der Waals surface area contributed by atoms with Gasteiger partial charge in [-0.2, -0.15) is 0 Å². The molecule has 0 aliphatic carbocycles. The van der Waals surface area contributed by atoms with Crippen molar-refractivity contribution in [2.24, 2.45) is 0 Å². The normalized spacial score (nSPS) is 14.9. The van der Waals surface area contributed by atoms with E-state index in [1.54, 1.807) is 54.9 Å². The first-order chi connectivity index (χ1) is 14.1. The fraction of sp³-hybridized carbons (Fsp3) is 0.200. The van der Waals surface area contributed by atoms with E-state index in [1.165, 1.54) is 7.11 Å². The number of carbonyl (C=O) groups excluding carboxylic acids is 3. The van der Waals surface area contributed by atoms with Crippen molar-refractivity contribution in [3.63, 3.8) is 0 Å². The third-order valence-corrected chi connectivity index (χ3v) is 4.85. The van der Waals surface area contributed by atoms with E-state index in [4.69, 9.17) is 9.47 Å². The van der Waals surface area contributed by atoms with Crippen LogP contribution in [0.3, 0.4) is 0 Å². The number of para-hydroxylation sites is 2. The zero-order chi connectivity index (χ0) is 20.6. The molecule has 0 spiro atoms. The zero-order valence-electron chi connectivity index (χ0n) is 15.7. The van der Waals surface area contributed by atoms with Gasteiger partial charge in [-0.05, 0) is 41.6 Å². The summed E-state index contributed by atoms with van der Waals surface area (Å²) in [4.78, 5) is 41.9. The summed E-state index contributed by atoms with van der Waals surface area (Å²) in [5, 5.41) is 2.26. The van der Waals surface area contributed by atoms with Gasteiger partial charge >= 0.3 is 0 Å². The SMILES string of the molecule is COc1ccccc1OCC(=O)NCCN1C(=O)S/C(=C\c2cccnc2)C1=O. The van der Waals surface area contributed by atoms with Crippen molar-refractivity contribution in [2.45, 2.75) is 0 Å². The van der Waals surface area contributed by atoms with Crippen molar-refractivity contribution in [1.82, 2.24) is 15.2 Å². The predicted molar refractivity (Wildman–Crippen MR) is 108 cm³/mol. The fourth-order valence-electron chi connectivity index (χ4n) is 2.54. The number of nitrogens with zero attached hydrogens (tertiary/aromatic N) is 2. The Bertz CT molecular complexity index is 933. The van der Waals surface area contributed by atoms with Crippen molar-refractivity contribution in [2.75, 3.05) is 26.8 Å². The Balaban J connectivity index is 1.47. The molecule has 3 rings (SSSR count). The van der Waals surface area contributed by atoms with E-state index in [1.807, 2.05) is 0 Å². The van der Waals surface area contributed by atoms with Crippen LogP contribution in [0.1, 0.15) is 5.56 Å². The van der Waals surface area contributed by atoms with Gasteiger partial charge in [-0.3, -0.25) is 24.3 Å². The number of hydrogen-bond acceptors (Lipinski definition) is 7. The molecule has 2 aromatic rings. The highest BCUT2D eigenvalue weighted by Gasteiger charge is 2.34. The van der Waals surface area contributed by atoms with Gasteiger partial charge in [0.15, 0.2) is 18.1 Å². The maximum absolute atomic E-state index is 12.4. The summed E-state index contributed by atoms with van der Waals surface area (Å²) >= 11 is 0.867. The molecular weight excluding hydrogens is 394 g/mol. The Kier molecular flexibility index (Phi) is 6.85. The molecule has 1 aromatic carbocycles. The highest BCUT2D eigenvalue weighted by molar-refractivity contribution is 8.18. The molecule has 0 bridgehead atoms. The topological polar surface area (TPSA) is 97.8 Å². The molecule has 0 unspecified atom stereocenters. The lowest BCUT2D eigenvalue weighted by Gasteiger charge is -2.13. The van der Waals surface area contributed by atoms with Crippen LogP contribution < -0.4 is 14.8 Å². The first-order valence-corrected chi connectivity index (χ1v) is 9.58. The van der Waals surface area contributed by atoms with E-state index < -0.39 is 0 Å². The van der Waals surface area contributed by atoms with E-state index in [0.29, 0.717) is 16.4 Å². The summed E-state index contributed by atoms with van der Waals surface area (Å²) in [5.74, 6) is 0.229. The molecule has 1 saturated heterocycles. The van der Waals surface area contributed by atoms with Crippen LogP contribution in [-0.4, -0.2) is 53.7 Å². The molecule has 9 heteroatoms. The standard InChI is InChI=1S/C20H19N3O5S/c1-27-15-6-2-3-7-16(15)28-13-18(24)22-9-10-23-19(25)17(29-20(23)26)11-14-5-4-8-21-12-14/h2-8,11-12H,9-10,13H2,1H3,(H,22,24)/b17-11-. The average Bonchev–Trinajstić information content (AvgIpc) is 3.00. The minimum atomic E-state index is -0.386. The lowest BCUT2D eigenvalue weighted by Crippen LogP contribution is -2.38. The van der Waals surface area contributed by atoms with Crippen molar-refractivity contribution >= 4 is 34.9 Å². The third-order valence-electron chi connectivity index (χ3n) is 3.94. The van der Waals surface area contributed by atoms with Crippen LogP contribution in [0.15, 0.2) is 53.7 Å². The van der Waals surface area contributed by atoms with Crippen molar-refractivity contribution in [1.29, 1.82) is 0 Å². The van der Waals surface area contributed by atoms with Crippen LogP contribution in [0.2, 0.25) is 0 Å². The van der Waals surface area contributed by atoms with Gasteiger partial charge in [0, 0.05) is 25.5 Å². The molecule has 29 heavy (non-hydrogen) atoms. The minimum Gasteiger partial charge on any atom is -0.493 e. The van der Waals surface area contributed by atoms with Gasteiger partial charge in [0.05, 0.1) is 12.0 Å². The summed E-state index contributed by atoms with van der Waals surface area (Å²) in [7, 11) is 1.52. The molecular formula is C20H19N3O5S. The second-order valence-electron chi connectivity index (χ2n) is 5.91. The van der Waals surface area contributed by atoms with Crippen molar-refractivity contribution < 1.29 is 23.9 Å². The molecule has 3 amide bonds. The number of hydrogen-bond donors (Lipinski definition) is 1. The molecule has 2 heterocycles. The van der Waals surface area contributed by atoms with Crippen LogP contribution in [0.5, 0.6) is 11.5 Å². The Labute approximate surface area is 171 Å². The number of pyridine rings is 1. The van der Waals surface area contributed by atoms with Crippen molar-refractivity contribution in [3.8, 4) is 11.5 Å². The number of ether oxygens (including phenoxy) is 2. The van der Waals surface area contributed by atoms with Crippen LogP contribution >= 0.6 is 11.8 Å². The summed E-state index contributed by atoms with van der Waals surface area (Å²) in [6.07, 6.45) is 4.86. The lowest BCUT2D eigenvalue weighted by molar-refractivity contribution is -0.125. The molecule has 1 N–H and O–H groups in total. The number of amides is 3. The first-order valence-electron chi connectivity index (χ1n) is 8.76. The summed E-state index contributed by atoms with van der Waals surface area (Å²) in [6, 6.07) is 10.5. The quantitative estimate of drug-likeness (QED) is 0.663. The molecule has 0 saturated carbocycles. The lowest BCUT2D eigenvalue weighted by atomic mass is 10.2. The van der Waals surface area contributed by atoms with Crippen LogP contribution in [0.4, 0.5) is 4.79 Å². The maximum atomic E-state index is 12.4. The summed E-state index contributed by atoms with van der Waals surface area (Å²) < 4.78 is 10.6. The van der Waals surface area contributed by atoms with E-state index in [2.05, 4.69) is 10.3 Å².